The molecule has 3 rings (SSSR count). The van der Waals surface area contributed by atoms with Gasteiger partial charge in [-0.15, -0.1) is 0 Å². The van der Waals surface area contributed by atoms with E-state index in [1.165, 1.54) is 11.8 Å². The van der Waals surface area contributed by atoms with Crippen LogP contribution in [0.15, 0.2) is 59.8 Å². The van der Waals surface area contributed by atoms with Gasteiger partial charge in [-0.3, -0.25) is 9.59 Å². The number of hydrogen-bond acceptors (Lipinski definition) is 6. The van der Waals surface area contributed by atoms with E-state index in [4.69, 9.17) is 4.74 Å². The fourth-order valence-corrected chi connectivity index (χ4v) is 3.64. The maximum absolute atomic E-state index is 12.1. The number of hydrogen-bond donors (Lipinski definition) is 1. The van der Waals surface area contributed by atoms with Gasteiger partial charge in [0, 0.05) is 23.5 Å². The number of aryl methyl sites for hydroxylation is 2. The molecule has 0 spiro atoms. The van der Waals surface area contributed by atoms with E-state index in [-0.39, 0.29) is 18.9 Å². The second-order valence-electron chi connectivity index (χ2n) is 7.01. The summed E-state index contributed by atoms with van der Waals surface area (Å²) in [5.74, 6) is -0.803. The number of ether oxygens (including phenoxy) is 1. The number of nitrogens with one attached hydrogen (secondary N) is 1. The number of benzene rings is 2. The van der Waals surface area contributed by atoms with E-state index >= 15 is 0 Å². The van der Waals surface area contributed by atoms with Crippen LogP contribution in [0.3, 0.4) is 0 Å². The van der Waals surface area contributed by atoms with Crippen LogP contribution in [0.2, 0.25) is 0 Å². The van der Waals surface area contributed by atoms with Crippen LogP contribution in [0.5, 0.6) is 0 Å². The molecule has 6 nitrogen and oxygen atoms in total. The lowest BCUT2D eigenvalue weighted by Gasteiger charge is -2.10. The molecule has 0 aliphatic heterocycles. The maximum Gasteiger partial charge on any atom is 0.306 e. The van der Waals surface area contributed by atoms with Crippen molar-refractivity contribution in [2.75, 3.05) is 18.2 Å². The van der Waals surface area contributed by atoms with Crippen molar-refractivity contribution in [3.05, 3.63) is 71.5 Å². The fourth-order valence-electron chi connectivity index (χ4n) is 3.18. The Balaban J connectivity index is 1.46. The molecule has 0 fully saturated rings. The lowest BCUT2D eigenvalue weighted by molar-refractivity contribution is -0.147. The summed E-state index contributed by atoms with van der Waals surface area (Å²) in [6, 6.07) is 17.5. The number of carbonyl (C=O) groups is 2. The summed E-state index contributed by atoms with van der Waals surface area (Å²) in [4.78, 5) is 33.0. The quantitative estimate of drug-likeness (QED) is 0.316. The van der Waals surface area contributed by atoms with Gasteiger partial charge < -0.3 is 10.1 Å². The summed E-state index contributed by atoms with van der Waals surface area (Å²) in [5, 5.41) is 3.46. The molecular weight excluding hydrogens is 410 g/mol. The van der Waals surface area contributed by atoms with Gasteiger partial charge in [0.1, 0.15) is 0 Å². The minimum atomic E-state index is -0.428. The number of esters is 1. The van der Waals surface area contributed by atoms with Crippen molar-refractivity contribution in [2.24, 2.45) is 0 Å². The number of carbonyl (C=O) groups excluding carboxylic acids is 2. The van der Waals surface area contributed by atoms with Crippen molar-refractivity contribution in [2.45, 2.75) is 31.8 Å². The predicted molar refractivity (Wildman–Crippen MR) is 123 cm³/mol. The molecule has 0 saturated heterocycles. The lowest BCUT2D eigenvalue weighted by atomic mass is 10.1. The van der Waals surface area contributed by atoms with Crippen LogP contribution in [-0.4, -0.2) is 34.7 Å². The van der Waals surface area contributed by atoms with Gasteiger partial charge in [-0.2, -0.15) is 0 Å². The average molecular weight is 436 g/mol. The Morgan fingerprint density at radius 1 is 0.935 bits per heavy atom. The van der Waals surface area contributed by atoms with Crippen LogP contribution < -0.4 is 5.32 Å². The van der Waals surface area contributed by atoms with Crippen LogP contribution in [0.4, 0.5) is 5.69 Å². The summed E-state index contributed by atoms with van der Waals surface area (Å²) < 4.78 is 5.12. The molecule has 31 heavy (non-hydrogen) atoms. The van der Waals surface area contributed by atoms with Gasteiger partial charge in [0.05, 0.1) is 0 Å². The molecular formula is C24H25N3O3S. The highest BCUT2D eigenvalue weighted by molar-refractivity contribution is 7.98. The second-order valence-corrected chi connectivity index (χ2v) is 7.79. The Morgan fingerprint density at radius 3 is 2.16 bits per heavy atom. The molecule has 1 aromatic heterocycles. The molecule has 0 unspecified atom stereocenters. The summed E-state index contributed by atoms with van der Waals surface area (Å²) in [6.07, 6.45) is 2.57. The number of anilines is 1. The van der Waals surface area contributed by atoms with Crippen molar-refractivity contribution in [3.63, 3.8) is 0 Å². The first kappa shape index (κ1) is 22.5. The number of rotatable bonds is 8. The zero-order valence-corrected chi connectivity index (χ0v) is 18.7. The molecule has 160 valence electrons. The minimum absolute atomic E-state index is 0.169. The van der Waals surface area contributed by atoms with Gasteiger partial charge in [0.15, 0.2) is 11.8 Å². The highest BCUT2D eigenvalue weighted by Gasteiger charge is 2.13. The van der Waals surface area contributed by atoms with Crippen molar-refractivity contribution in [1.29, 1.82) is 0 Å². The smallest absolute Gasteiger partial charge is 0.306 e. The maximum atomic E-state index is 12.1. The first-order valence-corrected chi connectivity index (χ1v) is 11.2. The average Bonchev–Trinajstić information content (AvgIpc) is 2.78. The van der Waals surface area contributed by atoms with E-state index in [0.29, 0.717) is 12.1 Å². The van der Waals surface area contributed by atoms with Gasteiger partial charge in [-0.25, -0.2) is 9.97 Å². The third kappa shape index (κ3) is 6.39. The van der Waals surface area contributed by atoms with Crippen LogP contribution in [0.1, 0.15) is 23.4 Å². The van der Waals surface area contributed by atoms with Crippen LogP contribution in [-0.2, 0) is 20.7 Å². The van der Waals surface area contributed by atoms with Crippen molar-refractivity contribution >= 4 is 29.3 Å². The summed E-state index contributed by atoms with van der Waals surface area (Å²) >= 11 is 1.48. The highest BCUT2D eigenvalue weighted by atomic mass is 32.2. The largest absolute Gasteiger partial charge is 0.456 e. The van der Waals surface area contributed by atoms with E-state index < -0.39 is 5.97 Å². The summed E-state index contributed by atoms with van der Waals surface area (Å²) in [7, 11) is 0. The monoisotopic (exact) mass is 435 g/mol. The van der Waals surface area contributed by atoms with Crippen molar-refractivity contribution < 1.29 is 14.3 Å². The molecule has 0 aliphatic carbocycles. The van der Waals surface area contributed by atoms with Crippen molar-refractivity contribution in [1.82, 2.24) is 9.97 Å². The number of nitrogens with zero attached hydrogens (tertiary/aromatic N) is 2. The number of amides is 1. The Bertz CT molecular complexity index is 1030. The molecule has 2 aromatic carbocycles. The van der Waals surface area contributed by atoms with Crippen molar-refractivity contribution in [3.8, 4) is 11.1 Å². The third-order valence-corrected chi connectivity index (χ3v) is 5.35. The lowest BCUT2D eigenvalue weighted by Crippen LogP contribution is -2.21. The van der Waals surface area contributed by atoms with Gasteiger partial charge in [-0.05, 0) is 55.3 Å². The molecule has 0 aliphatic rings. The van der Waals surface area contributed by atoms with Crippen LogP contribution in [0, 0.1) is 13.8 Å². The molecule has 1 N–H and O–H groups in total. The Kier molecular flexibility index (Phi) is 7.78. The number of thioether (sulfide) groups is 1. The summed E-state index contributed by atoms with van der Waals surface area (Å²) in [6.45, 7) is 3.50. The highest BCUT2D eigenvalue weighted by Crippen LogP contribution is 2.21. The standard InChI is InChI=1S/C24H25N3O3S/c1-16-21(17(2)26-24(25-16)31-3)13-14-23(29)30-15-22(28)27-20-11-9-19(10-12-20)18-7-5-4-6-8-18/h4-12H,13-15H2,1-3H3,(H,27,28). The zero-order valence-electron chi connectivity index (χ0n) is 17.8. The molecule has 0 bridgehead atoms. The fraction of sp³-hybridized carbons (Fsp3) is 0.250. The first-order valence-electron chi connectivity index (χ1n) is 9.95. The van der Waals surface area contributed by atoms with E-state index in [1.807, 2.05) is 74.7 Å². The second kappa shape index (κ2) is 10.7. The Hall–Kier alpha value is -3.19. The van der Waals surface area contributed by atoms with Crippen LogP contribution >= 0.6 is 11.8 Å². The van der Waals surface area contributed by atoms with Gasteiger partial charge in [-0.1, -0.05) is 54.2 Å². The molecule has 1 amide bonds. The first-order chi connectivity index (χ1) is 15.0. The molecule has 3 aromatic rings. The van der Waals surface area contributed by atoms with Crippen LogP contribution in [0.25, 0.3) is 11.1 Å². The number of aromatic nitrogens is 2. The molecule has 0 radical (unpaired) electrons. The van der Waals surface area contributed by atoms with Gasteiger partial charge in [0.25, 0.3) is 5.91 Å². The Labute approximate surface area is 186 Å². The zero-order chi connectivity index (χ0) is 22.2. The molecule has 7 heteroatoms. The van der Waals surface area contributed by atoms with Gasteiger partial charge >= 0.3 is 5.97 Å². The van der Waals surface area contributed by atoms with E-state index in [2.05, 4.69) is 15.3 Å². The normalized spacial score (nSPS) is 10.5. The van der Waals surface area contributed by atoms with E-state index in [0.717, 1.165) is 33.2 Å². The summed E-state index contributed by atoms with van der Waals surface area (Å²) in [5.41, 5.74) is 5.48. The van der Waals surface area contributed by atoms with E-state index in [1.54, 1.807) is 0 Å². The Morgan fingerprint density at radius 2 is 1.55 bits per heavy atom. The van der Waals surface area contributed by atoms with Gasteiger partial charge in [0.2, 0.25) is 0 Å². The predicted octanol–water partition coefficient (Wildman–Crippen LogP) is 4.60. The topological polar surface area (TPSA) is 81.2 Å². The minimum Gasteiger partial charge on any atom is -0.456 e. The SMILES string of the molecule is CSc1nc(C)c(CCC(=O)OCC(=O)Nc2ccc(-c3ccccc3)cc2)c(C)n1. The molecule has 1 heterocycles. The third-order valence-electron chi connectivity index (χ3n) is 4.80. The molecule has 0 atom stereocenters. The molecule has 0 saturated carbocycles. The van der Waals surface area contributed by atoms with E-state index in [9.17, 15) is 9.59 Å².